The van der Waals surface area contributed by atoms with E-state index in [-0.39, 0.29) is 118 Å². The number of allylic oxidation sites excluding steroid dienone is 8. The van der Waals surface area contributed by atoms with Crippen molar-refractivity contribution in [3.8, 4) is 28.2 Å². The summed E-state index contributed by atoms with van der Waals surface area (Å²) in [5, 5.41) is 19.4. The highest BCUT2D eigenvalue weighted by atomic mass is 127. The van der Waals surface area contributed by atoms with Crippen molar-refractivity contribution in [3.63, 3.8) is 0 Å². The zero-order valence-corrected chi connectivity index (χ0v) is 67.4. The first-order valence-corrected chi connectivity index (χ1v) is 39.9. The molecule has 8 rings (SSSR count). The van der Waals surface area contributed by atoms with E-state index in [1.165, 1.54) is 33.4 Å². The lowest BCUT2D eigenvalue weighted by atomic mass is 9.77. The number of carbonyl (C=O) groups is 3. The minimum Gasteiger partial charge on any atom is -0.871 e. The molecule has 0 radical (unpaired) electrons. The van der Waals surface area contributed by atoms with E-state index < -0.39 is 48.3 Å². The van der Waals surface area contributed by atoms with Crippen LogP contribution in [0.1, 0.15) is 113 Å². The molecule has 0 bridgehead atoms. The quantitative estimate of drug-likeness (QED) is 0.00667. The summed E-state index contributed by atoms with van der Waals surface area (Å²) >= 11 is 32.8. The normalized spacial score (nSPS) is 16.4. The summed E-state index contributed by atoms with van der Waals surface area (Å²) in [6.07, 6.45) is 17.0. The number of halogens is 9. The number of amides is 2. The van der Waals surface area contributed by atoms with E-state index in [9.17, 15) is 50.2 Å². The Bertz CT molecular complexity index is 4420. The lowest BCUT2D eigenvalue weighted by molar-refractivity contribution is -0.401. The van der Waals surface area contributed by atoms with E-state index in [0.717, 1.165) is 21.4 Å². The smallest absolute Gasteiger partial charge is 0.340 e. The largest absolute Gasteiger partial charge is 0.871 e. The van der Waals surface area contributed by atoms with Crippen LogP contribution in [0.25, 0.3) is 33.4 Å². The van der Waals surface area contributed by atoms with Crippen LogP contribution in [0.3, 0.4) is 0 Å². The predicted octanol–water partition coefficient (Wildman–Crippen LogP) is 15.7. The highest BCUT2D eigenvalue weighted by Crippen LogP contribution is 2.54. The van der Waals surface area contributed by atoms with Crippen molar-refractivity contribution in [2.75, 3.05) is 37.4 Å². The average Bonchev–Trinajstić information content (AvgIpc) is 1.59. The number of ether oxygens (including phenoxy) is 1. The van der Waals surface area contributed by atoms with Gasteiger partial charge in [0.25, 0.3) is 10.1 Å². The molecule has 4 aromatic carbocycles. The summed E-state index contributed by atoms with van der Waals surface area (Å²) in [6.45, 7) is 8.34. The first-order chi connectivity index (χ1) is 43.7. The molecule has 0 aromatic heterocycles. The number of hydrogen-bond donors (Lipinski definition) is 3. The molecule has 0 saturated carbocycles. The minimum absolute atomic E-state index is 0.0221. The van der Waals surface area contributed by atoms with Gasteiger partial charge in [-0.3, -0.25) is 18.9 Å². The molecule has 3 heterocycles. The summed E-state index contributed by atoms with van der Waals surface area (Å²) in [5.74, 6) is -2.08. The van der Waals surface area contributed by atoms with Crippen LogP contribution in [0.5, 0.6) is 5.75 Å². The molecule has 2 amide bonds. The summed E-state index contributed by atoms with van der Waals surface area (Å²) in [5.41, 5.74) is 4.48. The number of esters is 1. The number of carbonyl (C=O) groups excluding carboxylic acids is 3. The predicted molar refractivity (Wildman–Crippen MR) is 414 cm³/mol. The molecule has 0 saturated heterocycles. The summed E-state index contributed by atoms with van der Waals surface area (Å²) in [7, 11) is -7.18. The van der Waals surface area contributed by atoms with Gasteiger partial charge in [-0.25, -0.2) is 13.2 Å². The number of unbranched alkanes of at least 4 members (excludes halogenated alkanes) is 4. The maximum Gasteiger partial charge on any atom is 0.340 e. The third kappa shape index (κ3) is 17.1. The van der Waals surface area contributed by atoms with E-state index in [4.69, 9.17) is 44.0 Å². The molecule has 0 fully saturated rings. The molecule has 28 heteroatoms. The molecule has 0 spiro atoms. The molecule has 1 aliphatic carbocycles. The number of nitrogens with zero attached hydrogens (tertiary/aromatic N) is 2. The maximum absolute atomic E-state index is 14.6. The van der Waals surface area contributed by atoms with Gasteiger partial charge in [-0.05, 0) is 249 Å². The summed E-state index contributed by atoms with van der Waals surface area (Å²) in [4.78, 5) is 56.6. The number of benzene rings is 5. The lowest BCUT2D eigenvalue weighted by Gasteiger charge is -2.35. The topological polar surface area (TPSA) is 256 Å². The van der Waals surface area contributed by atoms with Crippen LogP contribution in [-0.4, -0.2) is 92.6 Å². The van der Waals surface area contributed by atoms with Crippen LogP contribution in [0.15, 0.2) is 111 Å². The van der Waals surface area contributed by atoms with Crippen LogP contribution in [0.4, 0.5) is 11.4 Å². The molecule has 4 aliphatic rings. The molecule has 3 aliphatic heterocycles. The fourth-order valence-corrected chi connectivity index (χ4v) is 19.8. The monoisotopic (exact) mass is 2040 g/mol. The van der Waals surface area contributed by atoms with E-state index in [1.807, 2.05) is 146 Å². The first-order valence-electron chi connectivity index (χ1n) is 29.3. The van der Waals surface area contributed by atoms with Crippen LogP contribution in [-0.2, 0) is 45.4 Å². The van der Waals surface area contributed by atoms with Gasteiger partial charge >= 0.3 is 5.97 Å². The SMILES string of the molecule is CCCCC(C(=O)NCCNC(=O)CCCCCOC(=O)c1c(Cl)cc(Cl)c(Cl)c1-c1c2cc(I)c(=O)c(I)c-2oc2c(I)c([O-])c(I)cc12)N1\C(=C/C=C/C=C/C=C/C2=[N+](C)c3cc(I)cc(I)c3C2(C)C)C(C)(CCCCS(=O)(=O)O)c2cc(S(=O)(=O)[O-])ccc21. The van der Waals surface area contributed by atoms with E-state index in [0.29, 0.717) is 72.7 Å². The van der Waals surface area contributed by atoms with Crippen molar-refractivity contribution >= 4 is 236 Å². The molecular weight excluding hydrogens is 1980 g/mol. The number of fused-ring (bicyclic) bond motifs is 4. The zero-order valence-electron chi connectivity index (χ0n) is 50.6. The Kier molecular flexibility index (Phi) is 26.2. The molecule has 17 nitrogen and oxygen atoms in total. The fraction of sp³-hybridized carbons (Fsp3) is 0.338. The highest BCUT2D eigenvalue weighted by Gasteiger charge is 2.48. The lowest BCUT2D eigenvalue weighted by Crippen LogP contribution is -2.48. The number of anilines is 1. The molecule has 4 aromatic rings. The van der Waals surface area contributed by atoms with E-state index in [2.05, 4.69) is 99.5 Å². The van der Waals surface area contributed by atoms with Crippen molar-refractivity contribution in [1.29, 1.82) is 0 Å². The number of nitrogens with one attached hydrogen (secondary N) is 2. The molecule has 2 unspecified atom stereocenters. The Morgan fingerprint density at radius 1 is 0.817 bits per heavy atom. The van der Waals surface area contributed by atoms with Gasteiger partial charge in [0.15, 0.2) is 11.5 Å². The first kappa shape index (κ1) is 76.0. The number of rotatable bonds is 26. The average molecular weight is 2040 g/mol. The van der Waals surface area contributed by atoms with Crippen LogP contribution < -0.4 is 26.1 Å². The minimum atomic E-state index is -4.94. The van der Waals surface area contributed by atoms with Gasteiger partial charge in [-0.2, -0.15) is 13.0 Å². The Labute approximate surface area is 637 Å². The molecule has 496 valence electrons. The van der Waals surface area contributed by atoms with Gasteiger partial charge in [0.1, 0.15) is 32.4 Å². The fourth-order valence-electron chi connectivity index (χ4n) is 11.9. The Morgan fingerprint density at radius 3 is 2.22 bits per heavy atom. The van der Waals surface area contributed by atoms with Crippen molar-refractivity contribution in [3.05, 3.63) is 160 Å². The second kappa shape index (κ2) is 32.1. The van der Waals surface area contributed by atoms with Crippen LogP contribution >= 0.6 is 170 Å². The van der Waals surface area contributed by atoms with Gasteiger partial charge in [0.05, 0.1) is 52.4 Å². The van der Waals surface area contributed by atoms with Crippen molar-refractivity contribution in [2.24, 2.45) is 0 Å². The Hall–Kier alpha value is -2.72. The van der Waals surface area contributed by atoms with Gasteiger partial charge < -0.3 is 34.3 Å². The van der Waals surface area contributed by atoms with Crippen molar-refractivity contribution < 1.29 is 59.2 Å². The second-order valence-electron chi connectivity index (χ2n) is 23.0. The third-order valence-corrected chi connectivity index (χ3v) is 24.1. The molecule has 3 N–H and O–H groups in total. The third-order valence-electron chi connectivity index (χ3n) is 16.3. The Morgan fingerprint density at radius 2 is 1.52 bits per heavy atom. The highest BCUT2D eigenvalue weighted by molar-refractivity contribution is 14.1. The summed E-state index contributed by atoms with van der Waals surface area (Å²) in [6, 6.07) is 12.1. The standard InChI is InChI=1S/C65H63Cl3I6N4O13S2/c1-6-7-18-46(78-45-23-22-36(93(87,88)89)31-39(45)65(4,24-15-17-28-92(84,85)86)49(78)20-13-10-8-9-12-19-48-64(2,3)54-42(70)29-35(69)30-47(54)77(48)5)62(82)76-26-25-75-50(79)21-14-11-16-27-90-63(83)52-40(66)34-41(67)55(68)53(52)51-37-32-43(71)58(80)56(73)60(37)91-61-38(51)33-44(72)59(81)57(61)74/h8-10,12-13,19-20,22-23,29-34,46H,6-7,11,14-18,21,24-28H2,1-5H3,(H4-,75,76,79,80,81,82,84,85,86,87,88,89)/p-1. The van der Waals surface area contributed by atoms with Crippen LogP contribution in [0, 0.1) is 21.4 Å². The zero-order chi connectivity index (χ0) is 68.2. The van der Waals surface area contributed by atoms with Crippen LogP contribution in [0.2, 0.25) is 15.1 Å². The van der Waals surface area contributed by atoms with Gasteiger partial charge in [-0.1, -0.05) is 97.1 Å². The molecule has 2 atom stereocenters. The molecule has 93 heavy (non-hydrogen) atoms. The molecular formula is C65H62Cl3I6N4O13S2-. The van der Waals surface area contributed by atoms with Crippen molar-refractivity contribution in [1.82, 2.24) is 10.6 Å². The Balaban J connectivity index is 0.940. The maximum atomic E-state index is 14.6. The van der Waals surface area contributed by atoms with E-state index in [1.54, 1.807) is 12.1 Å². The van der Waals surface area contributed by atoms with E-state index >= 15 is 0 Å². The summed E-state index contributed by atoms with van der Waals surface area (Å²) < 4.78 is 88.8. The van der Waals surface area contributed by atoms with Crippen molar-refractivity contribution in [2.45, 2.75) is 114 Å². The van der Waals surface area contributed by atoms with Gasteiger partial charge in [0, 0.05) is 84.8 Å². The van der Waals surface area contributed by atoms with Gasteiger partial charge in [-0.15, -0.1) is 0 Å². The van der Waals surface area contributed by atoms with Gasteiger partial charge in [0.2, 0.25) is 22.9 Å². The second-order valence-corrected chi connectivity index (χ2v) is 34.0. The number of hydrogen-bond acceptors (Lipinski definition) is 13.